The fourth-order valence-corrected chi connectivity index (χ4v) is 3.42. The fourth-order valence-electron chi connectivity index (χ4n) is 3.42. The lowest BCUT2D eigenvalue weighted by Gasteiger charge is -2.42. The lowest BCUT2D eigenvalue weighted by molar-refractivity contribution is -0.335. The van der Waals surface area contributed by atoms with Crippen LogP contribution in [0.5, 0.6) is 0 Å². The molecule has 6 N–H and O–H groups in total. The Bertz CT molecular complexity index is 521. The maximum absolute atomic E-state index is 10.3. The lowest BCUT2D eigenvalue weighted by atomic mass is 10.0. The Balaban J connectivity index is 1.30. The zero-order valence-corrected chi connectivity index (χ0v) is 14.2. The first-order valence-corrected chi connectivity index (χ1v) is 8.76. The van der Waals surface area contributed by atoms with Crippen molar-refractivity contribution in [3.8, 4) is 0 Å². The summed E-state index contributed by atoms with van der Waals surface area (Å²) >= 11 is 0. The van der Waals surface area contributed by atoms with Crippen molar-refractivity contribution in [2.24, 2.45) is 0 Å². The second-order valence-corrected chi connectivity index (χ2v) is 7.07. The molecular formula is C15H24O12. The van der Waals surface area contributed by atoms with Crippen molar-refractivity contribution < 1.29 is 59.1 Å². The van der Waals surface area contributed by atoms with Gasteiger partial charge in [0.2, 0.25) is 0 Å². The maximum Gasteiger partial charge on any atom is 0.186 e. The van der Waals surface area contributed by atoms with E-state index >= 15 is 0 Å². The summed E-state index contributed by atoms with van der Waals surface area (Å²) in [7, 11) is 0. The highest BCUT2D eigenvalue weighted by atomic mass is 16.8. The Morgan fingerprint density at radius 3 is 1.93 bits per heavy atom. The summed E-state index contributed by atoms with van der Waals surface area (Å²) in [4.78, 5) is 0. The van der Waals surface area contributed by atoms with E-state index in [0.717, 1.165) is 0 Å². The van der Waals surface area contributed by atoms with Crippen LogP contribution in [0.4, 0.5) is 0 Å². The average molecular weight is 396 g/mol. The summed E-state index contributed by atoms with van der Waals surface area (Å²) < 4.78 is 31.9. The molecule has 0 unspecified atom stereocenters. The van der Waals surface area contributed by atoms with Crippen LogP contribution in [0.3, 0.4) is 0 Å². The summed E-state index contributed by atoms with van der Waals surface area (Å²) in [5.41, 5.74) is 0. The third kappa shape index (κ3) is 3.85. The molecular weight excluding hydrogens is 372 g/mol. The minimum atomic E-state index is -1.53. The van der Waals surface area contributed by atoms with Gasteiger partial charge in [-0.05, 0) is 0 Å². The van der Waals surface area contributed by atoms with Crippen LogP contribution in [0.1, 0.15) is 0 Å². The van der Waals surface area contributed by atoms with E-state index in [1.807, 2.05) is 0 Å². The highest BCUT2D eigenvalue weighted by Gasteiger charge is 2.56. The number of hydrogen-bond acceptors (Lipinski definition) is 12. The Hall–Kier alpha value is -0.480. The molecule has 0 bridgehead atoms. The van der Waals surface area contributed by atoms with Gasteiger partial charge in [-0.15, -0.1) is 0 Å². The van der Waals surface area contributed by atoms with Crippen LogP contribution in [0.25, 0.3) is 0 Å². The van der Waals surface area contributed by atoms with Gasteiger partial charge in [0.1, 0.15) is 54.9 Å². The second-order valence-electron chi connectivity index (χ2n) is 7.07. The van der Waals surface area contributed by atoms with Crippen LogP contribution in [0, 0.1) is 0 Å². The monoisotopic (exact) mass is 396 g/mol. The van der Waals surface area contributed by atoms with Crippen LogP contribution in [-0.2, 0) is 28.4 Å². The molecule has 12 nitrogen and oxygen atoms in total. The van der Waals surface area contributed by atoms with E-state index in [0.29, 0.717) is 0 Å². The molecule has 4 fully saturated rings. The number of fused-ring (bicyclic) bond motifs is 1. The van der Waals surface area contributed by atoms with Gasteiger partial charge in [-0.2, -0.15) is 0 Å². The van der Waals surface area contributed by atoms with Crippen LogP contribution < -0.4 is 0 Å². The molecule has 156 valence electrons. The molecule has 0 aromatic heterocycles. The molecule has 0 aromatic rings. The molecule has 4 rings (SSSR count). The number of aliphatic hydroxyl groups excluding tert-OH is 6. The molecule has 4 aliphatic heterocycles. The highest BCUT2D eigenvalue weighted by molar-refractivity contribution is 4.98. The molecule has 12 heteroatoms. The van der Waals surface area contributed by atoms with E-state index < -0.39 is 67.7 Å². The van der Waals surface area contributed by atoms with Crippen molar-refractivity contribution in [1.29, 1.82) is 0 Å². The molecule has 4 aliphatic rings. The molecule has 0 spiro atoms. The maximum atomic E-state index is 10.3. The van der Waals surface area contributed by atoms with Gasteiger partial charge in [0.25, 0.3) is 0 Å². The highest BCUT2D eigenvalue weighted by Crippen LogP contribution is 2.36. The number of hydrogen-bond donors (Lipinski definition) is 6. The zero-order valence-electron chi connectivity index (χ0n) is 14.2. The second kappa shape index (κ2) is 7.74. The van der Waals surface area contributed by atoms with Crippen molar-refractivity contribution in [2.45, 2.75) is 73.8 Å². The van der Waals surface area contributed by atoms with Crippen molar-refractivity contribution in [1.82, 2.24) is 0 Å². The molecule has 0 aromatic carbocycles. The molecule has 0 radical (unpaired) electrons. The van der Waals surface area contributed by atoms with Crippen molar-refractivity contribution >= 4 is 0 Å². The third-order valence-electron chi connectivity index (χ3n) is 5.15. The van der Waals surface area contributed by atoms with E-state index in [1.165, 1.54) is 0 Å². The van der Waals surface area contributed by atoms with Gasteiger partial charge in [-0.3, -0.25) is 0 Å². The van der Waals surface area contributed by atoms with Crippen LogP contribution in [-0.4, -0.2) is 124 Å². The molecule has 0 saturated carbocycles. The summed E-state index contributed by atoms with van der Waals surface area (Å²) in [6.45, 7) is -0.385. The number of aliphatic hydroxyl groups is 6. The van der Waals surface area contributed by atoms with Crippen LogP contribution in [0.15, 0.2) is 0 Å². The van der Waals surface area contributed by atoms with E-state index in [4.69, 9.17) is 28.4 Å². The van der Waals surface area contributed by atoms with Gasteiger partial charge < -0.3 is 59.1 Å². The molecule has 0 aliphatic carbocycles. The van der Waals surface area contributed by atoms with Gasteiger partial charge in [0.15, 0.2) is 18.9 Å². The van der Waals surface area contributed by atoms with Crippen molar-refractivity contribution in [3.63, 3.8) is 0 Å². The molecule has 12 atom stereocenters. The van der Waals surface area contributed by atoms with E-state index in [-0.39, 0.29) is 25.9 Å². The molecule has 0 amide bonds. The SMILES string of the molecule is O[C@@H]1[C@@H](O)[C@H](O[C@@H]2CO[C@@H](O[C@@H]3CO[C@@H](O)[C@@H]4O[C@@H]43)[C@H](O)[C@H]2O)OC[C@H]1O. The molecule has 4 saturated heterocycles. The first-order valence-electron chi connectivity index (χ1n) is 8.76. The van der Waals surface area contributed by atoms with Crippen LogP contribution in [0.2, 0.25) is 0 Å². The number of epoxide rings is 1. The smallest absolute Gasteiger partial charge is 0.186 e. The van der Waals surface area contributed by atoms with Gasteiger partial charge >= 0.3 is 0 Å². The largest absolute Gasteiger partial charge is 0.388 e. The summed E-state index contributed by atoms with van der Waals surface area (Å²) in [5, 5.41) is 59.1. The molecule has 4 heterocycles. The van der Waals surface area contributed by atoms with Crippen LogP contribution >= 0.6 is 0 Å². The van der Waals surface area contributed by atoms with Gasteiger partial charge in [0.05, 0.1) is 19.8 Å². The number of ether oxygens (including phenoxy) is 6. The summed E-state index contributed by atoms with van der Waals surface area (Å²) in [6.07, 6.45) is -13.1. The summed E-state index contributed by atoms with van der Waals surface area (Å²) in [6, 6.07) is 0. The van der Waals surface area contributed by atoms with E-state index in [2.05, 4.69) is 0 Å². The predicted molar refractivity (Wildman–Crippen MR) is 79.9 cm³/mol. The van der Waals surface area contributed by atoms with Crippen molar-refractivity contribution in [2.75, 3.05) is 19.8 Å². The number of rotatable bonds is 4. The topological polar surface area (TPSA) is 180 Å². The third-order valence-corrected chi connectivity index (χ3v) is 5.15. The predicted octanol–water partition coefficient (Wildman–Crippen LogP) is -4.61. The van der Waals surface area contributed by atoms with Gasteiger partial charge in [-0.1, -0.05) is 0 Å². The van der Waals surface area contributed by atoms with Gasteiger partial charge in [0, 0.05) is 0 Å². The minimum Gasteiger partial charge on any atom is -0.388 e. The lowest BCUT2D eigenvalue weighted by Crippen LogP contribution is -2.60. The first kappa shape index (κ1) is 19.8. The fraction of sp³-hybridized carbons (Fsp3) is 1.00. The van der Waals surface area contributed by atoms with Crippen molar-refractivity contribution in [3.05, 3.63) is 0 Å². The Labute approximate surface area is 153 Å². The first-order chi connectivity index (χ1) is 12.9. The normalized spacial score (nSPS) is 55.8. The minimum absolute atomic E-state index is 0.0489. The van der Waals surface area contributed by atoms with Gasteiger partial charge in [-0.25, -0.2) is 0 Å². The zero-order chi connectivity index (χ0) is 19.3. The average Bonchev–Trinajstić information content (AvgIpc) is 3.45. The standard InChI is InChI=1S/C15H24O12/c16-4-1-23-14(9(19)7(4)17)25-5-2-24-15(10(20)8(5)18)26-6-3-22-13(21)12-11(6)27-12/h4-21H,1-3H2/t4-,5-,6-,7+,8+,9-,10-,11-,12-,13-,14+,15+/m1/s1. The summed E-state index contributed by atoms with van der Waals surface area (Å²) in [5.74, 6) is 0. The Morgan fingerprint density at radius 1 is 0.593 bits per heavy atom. The quantitative estimate of drug-likeness (QED) is 0.251. The Morgan fingerprint density at radius 2 is 1.19 bits per heavy atom. The van der Waals surface area contributed by atoms with E-state index in [1.54, 1.807) is 0 Å². The van der Waals surface area contributed by atoms with E-state index in [9.17, 15) is 30.6 Å². The Kier molecular flexibility index (Phi) is 5.68. The molecule has 27 heavy (non-hydrogen) atoms.